The van der Waals surface area contributed by atoms with E-state index in [2.05, 4.69) is 9.30 Å². The van der Waals surface area contributed by atoms with Crippen LogP contribution in [0.2, 0.25) is 0 Å². The van der Waals surface area contributed by atoms with E-state index < -0.39 is 17.1 Å². The number of imide groups is 1. The molecule has 0 bridgehead atoms. The lowest BCUT2D eigenvalue weighted by atomic mass is 10.2. The number of amides is 2. The van der Waals surface area contributed by atoms with Crippen LogP contribution in [0, 0.1) is 13.8 Å². The summed E-state index contributed by atoms with van der Waals surface area (Å²) in [6, 6.07) is 5.69. The van der Waals surface area contributed by atoms with Crippen LogP contribution < -0.4 is 0 Å². The fourth-order valence-electron chi connectivity index (χ4n) is 2.75. The molecule has 0 spiro atoms. The van der Waals surface area contributed by atoms with E-state index in [4.69, 9.17) is 4.42 Å². The molecule has 0 unspecified atom stereocenters. The number of carbonyl (C=O) groups is 3. The number of methoxy groups -OCH3 is 1. The van der Waals surface area contributed by atoms with Gasteiger partial charge in [-0.1, -0.05) is 0 Å². The summed E-state index contributed by atoms with van der Waals surface area (Å²) in [6.07, 6.45) is 3.31. The minimum atomic E-state index is -0.634. The molecule has 0 N–H and O–H groups in total. The third-order valence-electron chi connectivity index (χ3n) is 4.18. The molecule has 136 valence electrons. The maximum absolute atomic E-state index is 12.4. The van der Waals surface area contributed by atoms with Gasteiger partial charge in [-0.25, -0.2) is 0 Å². The van der Waals surface area contributed by atoms with Crippen molar-refractivity contribution in [3.8, 4) is 0 Å². The zero-order valence-electron chi connectivity index (χ0n) is 14.6. The molecule has 0 aliphatic carbocycles. The summed E-state index contributed by atoms with van der Waals surface area (Å²) < 4.78 is 12.0. The van der Waals surface area contributed by atoms with Gasteiger partial charge >= 0.3 is 5.97 Å². The van der Waals surface area contributed by atoms with Gasteiger partial charge in [0.1, 0.15) is 12.3 Å². The van der Waals surface area contributed by atoms with Gasteiger partial charge < -0.3 is 13.7 Å². The summed E-state index contributed by atoms with van der Waals surface area (Å²) in [5, 5.41) is -0.476. The molecule has 2 amide bonds. The highest BCUT2D eigenvalue weighted by Crippen LogP contribution is 2.33. The lowest BCUT2D eigenvalue weighted by Crippen LogP contribution is -2.34. The predicted molar refractivity (Wildman–Crippen MR) is 96.4 cm³/mol. The molecule has 1 aliphatic heterocycles. The average molecular weight is 374 g/mol. The van der Waals surface area contributed by atoms with Crippen molar-refractivity contribution in [3.05, 3.63) is 52.1 Å². The van der Waals surface area contributed by atoms with Crippen molar-refractivity contribution < 1.29 is 23.5 Å². The van der Waals surface area contributed by atoms with Crippen molar-refractivity contribution in [2.45, 2.75) is 20.4 Å². The number of furan rings is 1. The Labute approximate surface area is 154 Å². The van der Waals surface area contributed by atoms with Crippen molar-refractivity contribution in [2.24, 2.45) is 0 Å². The largest absolute Gasteiger partial charge is 0.468 e. The molecule has 7 nitrogen and oxygen atoms in total. The summed E-state index contributed by atoms with van der Waals surface area (Å²) in [4.78, 5) is 37.0. The van der Waals surface area contributed by atoms with Crippen LogP contribution in [0.4, 0.5) is 4.79 Å². The molecular formula is C18H18N2O5S. The summed E-state index contributed by atoms with van der Waals surface area (Å²) >= 11 is 0.821. The quantitative estimate of drug-likeness (QED) is 0.591. The average Bonchev–Trinajstić information content (AvgIpc) is 3.28. The summed E-state index contributed by atoms with van der Waals surface area (Å²) in [5.41, 5.74) is 2.82. The van der Waals surface area contributed by atoms with Crippen LogP contribution in [0.5, 0.6) is 0 Å². The number of nitrogens with zero attached hydrogens (tertiary/aromatic N) is 2. The van der Waals surface area contributed by atoms with Crippen molar-refractivity contribution in [2.75, 3.05) is 13.7 Å². The molecular weight excluding hydrogens is 356 g/mol. The predicted octanol–water partition coefficient (Wildman–Crippen LogP) is 2.96. The SMILES string of the molecule is COC(=O)CN1C(=O)S/C(=C\c2cc(C)n(Cc3ccco3)c2C)C1=O. The molecule has 0 atom stereocenters. The monoisotopic (exact) mass is 374 g/mol. The Bertz CT molecular complexity index is 895. The van der Waals surface area contributed by atoms with E-state index in [1.165, 1.54) is 7.11 Å². The van der Waals surface area contributed by atoms with Gasteiger partial charge in [0, 0.05) is 11.4 Å². The maximum Gasteiger partial charge on any atom is 0.325 e. The molecule has 2 aromatic rings. The molecule has 8 heteroatoms. The Morgan fingerprint density at radius 1 is 1.35 bits per heavy atom. The fourth-order valence-corrected chi connectivity index (χ4v) is 3.58. The highest BCUT2D eigenvalue weighted by atomic mass is 32.2. The second kappa shape index (κ2) is 7.25. The standard InChI is InChI=1S/C18H18N2O5S/c1-11-7-13(12(2)19(11)9-14-5-4-6-25-14)8-15-17(22)20(18(23)26-15)10-16(21)24-3/h4-8H,9-10H2,1-3H3/b15-8-. The van der Waals surface area contributed by atoms with Gasteiger partial charge in [0.25, 0.3) is 11.1 Å². The molecule has 0 radical (unpaired) electrons. The first-order valence-electron chi connectivity index (χ1n) is 7.92. The first-order chi connectivity index (χ1) is 12.4. The maximum atomic E-state index is 12.4. The van der Waals surface area contributed by atoms with Gasteiger partial charge in [-0.15, -0.1) is 0 Å². The van der Waals surface area contributed by atoms with Crippen molar-refractivity contribution in [3.63, 3.8) is 0 Å². The Kier molecular flexibility index (Phi) is 5.03. The van der Waals surface area contributed by atoms with Crippen LogP contribution in [0.3, 0.4) is 0 Å². The smallest absolute Gasteiger partial charge is 0.325 e. The molecule has 3 rings (SSSR count). The molecule has 2 aromatic heterocycles. The minimum absolute atomic E-state index is 0.289. The van der Waals surface area contributed by atoms with Crippen LogP contribution in [0.1, 0.15) is 22.7 Å². The molecule has 0 aromatic carbocycles. The number of hydrogen-bond donors (Lipinski definition) is 0. The van der Waals surface area contributed by atoms with E-state index in [0.717, 1.165) is 39.4 Å². The van der Waals surface area contributed by atoms with Crippen molar-refractivity contribution in [1.82, 2.24) is 9.47 Å². The van der Waals surface area contributed by atoms with E-state index in [0.29, 0.717) is 6.54 Å². The van der Waals surface area contributed by atoms with E-state index in [-0.39, 0.29) is 11.4 Å². The minimum Gasteiger partial charge on any atom is -0.468 e. The first kappa shape index (κ1) is 18.1. The van der Waals surface area contributed by atoms with Crippen molar-refractivity contribution >= 4 is 35.0 Å². The number of ether oxygens (including phenoxy) is 1. The van der Waals surface area contributed by atoms with Crippen LogP contribution in [-0.4, -0.2) is 40.2 Å². The first-order valence-corrected chi connectivity index (χ1v) is 8.73. The number of esters is 1. The highest BCUT2D eigenvalue weighted by Gasteiger charge is 2.36. The Morgan fingerprint density at radius 3 is 2.77 bits per heavy atom. The number of carbonyl (C=O) groups excluding carboxylic acids is 3. The van der Waals surface area contributed by atoms with Gasteiger partial charge in [-0.2, -0.15) is 0 Å². The summed E-state index contributed by atoms with van der Waals surface area (Å²) in [6.45, 7) is 4.12. The molecule has 1 saturated heterocycles. The lowest BCUT2D eigenvalue weighted by Gasteiger charge is -2.09. The van der Waals surface area contributed by atoms with Gasteiger partial charge in [0.2, 0.25) is 0 Å². The van der Waals surface area contributed by atoms with Crippen LogP contribution in [-0.2, 0) is 20.9 Å². The van der Waals surface area contributed by atoms with Gasteiger partial charge in [-0.05, 0) is 55.4 Å². The third kappa shape index (κ3) is 3.45. The summed E-state index contributed by atoms with van der Waals surface area (Å²) in [5.74, 6) is -0.289. The van der Waals surface area contributed by atoms with E-state index >= 15 is 0 Å². The number of rotatable bonds is 5. The van der Waals surface area contributed by atoms with E-state index in [1.54, 1.807) is 12.3 Å². The highest BCUT2D eigenvalue weighted by molar-refractivity contribution is 8.18. The molecule has 3 heterocycles. The zero-order valence-corrected chi connectivity index (χ0v) is 15.5. The van der Waals surface area contributed by atoms with Gasteiger partial charge in [0.05, 0.1) is 24.8 Å². The van der Waals surface area contributed by atoms with Crippen molar-refractivity contribution in [1.29, 1.82) is 0 Å². The molecule has 0 saturated carbocycles. The van der Waals surface area contributed by atoms with E-state index in [9.17, 15) is 14.4 Å². The van der Waals surface area contributed by atoms with Gasteiger partial charge in [0.15, 0.2) is 0 Å². The van der Waals surface area contributed by atoms with Crippen LogP contribution in [0.25, 0.3) is 6.08 Å². The van der Waals surface area contributed by atoms with E-state index in [1.807, 2.05) is 32.0 Å². The van der Waals surface area contributed by atoms with Gasteiger partial charge in [-0.3, -0.25) is 19.3 Å². The number of aromatic nitrogens is 1. The zero-order chi connectivity index (χ0) is 18.8. The van der Waals surface area contributed by atoms with Crippen LogP contribution in [0.15, 0.2) is 33.8 Å². The Morgan fingerprint density at radius 2 is 2.12 bits per heavy atom. The normalized spacial score (nSPS) is 16.0. The third-order valence-corrected chi connectivity index (χ3v) is 5.09. The Balaban J connectivity index is 1.85. The Hall–Kier alpha value is -2.74. The summed E-state index contributed by atoms with van der Waals surface area (Å²) in [7, 11) is 1.21. The number of thioether (sulfide) groups is 1. The second-order valence-corrected chi connectivity index (χ2v) is 6.83. The fraction of sp³-hybridized carbons (Fsp3) is 0.278. The molecule has 1 aliphatic rings. The van der Waals surface area contributed by atoms with Crippen LogP contribution >= 0.6 is 11.8 Å². The molecule has 1 fully saturated rings. The second-order valence-electron chi connectivity index (χ2n) is 5.84. The number of aryl methyl sites for hydroxylation is 1. The lowest BCUT2D eigenvalue weighted by molar-refractivity contribution is -0.143. The molecule has 26 heavy (non-hydrogen) atoms. The topological polar surface area (TPSA) is 81.8 Å². The number of hydrogen-bond acceptors (Lipinski definition) is 6.